The van der Waals surface area contributed by atoms with Gasteiger partial charge >= 0.3 is 0 Å². The van der Waals surface area contributed by atoms with E-state index in [4.69, 9.17) is 21.7 Å². The van der Waals surface area contributed by atoms with Crippen molar-refractivity contribution in [3.8, 4) is 5.75 Å². The summed E-state index contributed by atoms with van der Waals surface area (Å²) in [6.07, 6.45) is 8.21. The second-order valence-electron chi connectivity index (χ2n) is 9.50. The average molecular weight is 486 g/mol. The maximum Gasteiger partial charge on any atom is 0.257 e. The fourth-order valence-corrected chi connectivity index (χ4v) is 5.77. The number of likely N-dealkylation sites (tertiary alicyclic amines) is 1. The van der Waals surface area contributed by atoms with Crippen molar-refractivity contribution in [2.45, 2.75) is 63.1 Å². The molecule has 3 aliphatic rings. The topological polar surface area (TPSA) is 82.4 Å². The first-order valence-electron chi connectivity index (χ1n) is 12.0. The van der Waals surface area contributed by atoms with E-state index in [0.29, 0.717) is 34.2 Å². The molecule has 3 saturated heterocycles. The molecule has 1 aromatic heterocycles. The number of hydrogen-bond acceptors (Lipinski definition) is 6. The zero-order valence-electron chi connectivity index (χ0n) is 19.2. The number of hydrogen-bond donors (Lipinski definition) is 1. The van der Waals surface area contributed by atoms with Crippen molar-refractivity contribution in [1.82, 2.24) is 19.8 Å². The number of aromatic nitrogens is 2. The molecule has 3 atom stereocenters. The van der Waals surface area contributed by atoms with Crippen molar-refractivity contribution in [2.24, 2.45) is 0 Å². The molecule has 5 rings (SSSR count). The number of carbonyl (C=O) groups excluding carboxylic acids is 1. The van der Waals surface area contributed by atoms with Gasteiger partial charge in [0.2, 0.25) is 0 Å². The van der Waals surface area contributed by atoms with Gasteiger partial charge in [0.05, 0.1) is 23.0 Å². The van der Waals surface area contributed by atoms with Gasteiger partial charge in [-0.15, -0.1) is 0 Å². The van der Waals surface area contributed by atoms with Crippen LogP contribution in [-0.2, 0) is 0 Å². The Morgan fingerprint density at radius 2 is 1.94 bits per heavy atom. The molecular weight excluding hydrogens is 457 g/mol. The monoisotopic (exact) mass is 485 g/mol. The number of nitrogens with one attached hydrogen (secondary N) is 1. The smallest absolute Gasteiger partial charge is 0.257 e. The van der Waals surface area contributed by atoms with Gasteiger partial charge in [-0.1, -0.05) is 18.5 Å². The van der Waals surface area contributed by atoms with Crippen molar-refractivity contribution in [3.05, 3.63) is 52.8 Å². The number of fused-ring (bicyclic) bond motifs is 2. The molecule has 7 nitrogen and oxygen atoms in total. The summed E-state index contributed by atoms with van der Waals surface area (Å²) in [7, 11) is 0. The van der Waals surface area contributed by atoms with Crippen molar-refractivity contribution >= 4 is 23.2 Å². The fourth-order valence-electron chi connectivity index (χ4n) is 5.67. The third-order valence-corrected chi connectivity index (χ3v) is 7.41. The lowest BCUT2D eigenvalue weighted by Crippen LogP contribution is -2.46. The molecule has 0 aliphatic carbocycles. The number of piperidine rings is 1. The van der Waals surface area contributed by atoms with Gasteiger partial charge in [-0.2, -0.15) is 0 Å². The number of rotatable bonds is 6. The molecule has 3 fully saturated rings. The minimum Gasteiger partial charge on any atom is -0.489 e. The molecule has 4 heterocycles. The summed E-state index contributed by atoms with van der Waals surface area (Å²) in [4.78, 5) is 26.0. The van der Waals surface area contributed by atoms with Gasteiger partial charge in [-0.05, 0) is 50.8 Å². The van der Waals surface area contributed by atoms with E-state index in [9.17, 15) is 9.18 Å². The number of benzene rings is 1. The molecule has 3 unspecified atom stereocenters. The van der Waals surface area contributed by atoms with Crippen LogP contribution in [0.4, 0.5) is 4.39 Å². The van der Waals surface area contributed by atoms with E-state index in [1.807, 2.05) is 0 Å². The van der Waals surface area contributed by atoms with Crippen LogP contribution in [0.3, 0.4) is 0 Å². The molecule has 2 bridgehead atoms. The first-order valence-corrected chi connectivity index (χ1v) is 12.4. The first-order chi connectivity index (χ1) is 16.4. The molecule has 1 amide bonds. The summed E-state index contributed by atoms with van der Waals surface area (Å²) >= 11 is 5.88. The fraction of sp³-hybridized carbons (Fsp3) is 0.520. The van der Waals surface area contributed by atoms with E-state index in [0.717, 1.165) is 25.8 Å². The quantitative estimate of drug-likeness (QED) is 0.659. The van der Waals surface area contributed by atoms with Gasteiger partial charge in [0.25, 0.3) is 5.91 Å². The Hall–Kier alpha value is -2.58. The SMILES string of the molecule is CCCN1C2CCC1CC(Oc1cc(F)ccc1C(=O)N1CC(=N)C(c3ncc(Cl)cn3)C1)C2. The predicted octanol–water partition coefficient (Wildman–Crippen LogP) is 4.31. The first kappa shape index (κ1) is 23.2. The second kappa shape index (κ2) is 9.58. The van der Waals surface area contributed by atoms with E-state index < -0.39 is 5.82 Å². The molecule has 0 radical (unpaired) electrons. The van der Waals surface area contributed by atoms with Gasteiger partial charge in [0, 0.05) is 42.8 Å². The van der Waals surface area contributed by atoms with E-state index in [1.54, 1.807) is 4.90 Å². The molecular formula is C25H29ClFN5O2. The number of amides is 1. The Balaban J connectivity index is 1.32. The number of nitrogens with zero attached hydrogens (tertiary/aromatic N) is 4. The van der Waals surface area contributed by atoms with Crippen LogP contribution >= 0.6 is 11.6 Å². The zero-order chi connectivity index (χ0) is 23.8. The van der Waals surface area contributed by atoms with E-state index in [-0.39, 0.29) is 36.8 Å². The maximum atomic E-state index is 14.2. The van der Waals surface area contributed by atoms with Crippen LogP contribution in [0.5, 0.6) is 5.75 Å². The highest BCUT2D eigenvalue weighted by molar-refractivity contribution is 6.30. The highest BCUT2D eigenvalue weighted by Gasteiger charge is 2.41. The minimum absolute atomic E-state index is 0.0361. The van der Waals surface area contributed by atoms with Crippen LogP contribution in [-0.4, -0.2) is 69.2 Å². The third-order valence-electron chi connectivity index (χ3n) is 7.21. The van der Waals surface area contributed by atoms with Crippen LogP contribution in [0.15, 0.2) is 30.6 Å². The van der Waals surface area contributed by atoms with Gasteiger partial charge in [0.1, 0.15) is 23.5 Å². The Labute approximate surface area is 203 Å². The van der Waals surface area contributed by atoms with Crippen molar-refractivity contribution in [3.63, 3.8) is 0 Å². The van der Waals surface area contributed by atoms with Gasteiger partial charge < -0.3 is 15.0 Å². The van der Waals surface area contributed by atoms with Gasteiger partial charge in [-0.3, -0.25) is 9.69 Å². The Kier molecular flexibility index (Phi) is 6.53. The van der Waals surface area contributed by atoms with Crippen molar-refractivity contribution in [2.75, 3.05) is 19.6 Å². The number of carbonyl (C=O) groups is 1. The molecule has 34 heavy (non-hydrogen) atoms. The number of ether oxygens (including phenoxy) is 1. The Bertz CT molecular complexity index is 1070. The predicted molar refractivity (Wildman–Crippen MR) is 127 cm³/mol. The largest absolute Gasteiger partial charge is 0.489 e. The maximum absolute atomic E-state index is 14.2. The average Bonchev–Trinajstić information content (AvgIpc) is 3.30. The van der Waals surface area contributed by atoms with E-state index >= 15 is 0 Å². The van der Waals surface area contributed by atoms with E-state index in [1.165, 1.54) is 43.4 Å². The number of halogens is 2. The molecule has 3 aliphatic heterocycles. The molecule has 9 heteroatoms. The summed E-state index contributed by atoms with van der Waals surface area (Å²) in [5, 5.41) is 8.80. The molecule has 0 saturated carbocycles. The second-order valence-corrected chi connectivity index (χ2v) is 9.93. The van der Waals surface area contributed by atoms with Crippen LogP contribution in [0.25, 0.3) is 0 Å². The normalized spacial score (nSPS) is 26.8. The molecule has 1 aromatic carbocycles. The highest BCUT2D eigenvalue weighted by Crippen LogP contribution is 2.38. The third kappa shape index (κ3) is 4.53. The van der Waals surface area contributed by atoms with Crippen LogP contribution < -0.4 is 4.74 Å². The molecule has 1 N–H and O–H groups in total. The summed E-state index contributed by atoms with van der Waals surface area (Å²) in [6, 6.07) is 5.08. The summed E-state index contributed by atoms with van der Waals surface area (Å²) in [5.41, 5.74) is 0.690. The lowest BCUT2D eigenvalue weighted by atomic mass is 9.99. The lowest BCUT2D eigenvalue weighted by Gasteiger charge is -2.39. The van der Waals surface area contributed by atoms with Crippen LogP contribution in [0, 0.1) is 11.2 Å². The van der Waals surface area contributed by atoms with Crippen molar-refractivity contribution in [1.29, 1.82) is 5.41 Å². The Morgan fingerprint density at radius 3 is 2.62 bits per heavy atom. The summed E-state index contributed by atoms with van der Waals surface area (Å²) in [5.74, 6) is -0.336. The highest BCUT2D eigenvalue weighted by atomic mass is 35.5. The van der Waals surface area contributed by atoms with Gasteiger partial charge in [-0.25, -0.2) is 14.4 Å². The molecule has 0 spiro atoms. The summed E-state index contributed by atoms with van der Waals surface area (Å²) in [6.45, 7) is 3.76. The lowest BCUT2D eigenvalue weighted by molar-refractivity contribution is 0.0482. The van der Waals surface area contributed by atoms with E-state index in [2.05, 4.69) is 21.8 Å². The van der Waals surface area contributed by atoms with Crippen LogP contribution in [0.1, 0.15) is 61.1 Å². The van der Waals surface area contributed by atoms with Crippen LogP contribution in [0.2, 0.25) is 5.02 Å². The molecule has 180 valence electrons. The summed E-state index contributed by atoms with van der Waals surface area (Å²) < 4.78 is 20.5. The van der Waals surface area contributed by atoms with Crippen molar-refractivity contribution < 1.29 is 13.9 Å². The minimum atomic E-state index is -0.431. The zero-order valence-corrected chi connectivity index (χ0v) is 20.0. The standard InChI is InChI=1S/C25H29ClFN5O2/c1-2-7-32-17-4-5-18(32)10-19(9-17)34-23-8-16(27)3-6-20(23)25(33)31-13-21(22(28)14-31)24-29-11-15(26)12-30-24/h3,6,8,11-12,17-19,21,28H,2,4-5,7,9-10,13-14H2,1H3. The Morgan fingerprint density at radius 1 is 1.24 bits per heavy atom. The molecule has 2 aromatic rings. The van der Waals surface area contributed by atoms with Gasteiger partial charge in [0.15, 0.2) is 0 Å².